The maximum Gasteiger partial charge on any atom is 0.274 e. The van der Waals surface area contributed by atoms with Crippen LogP contribution in [0.15, 0.2) is 17.1 Å². The van der Waals surface area contributed by atoms with Crippen LogP contribution in [0.25, 0.3) is 0 Å². The molecule has 1 amide bonds. The molecule has 1 atom stereocenters. The number of nitrogens with one attached hydrogen (secondary N) is 1. The molecule has 8 heteroatoms. The van der Waals surface area contributed by atoms with E-state index >= 15 is 0 Å². The smallest absolute Gasteiger partial charge is 0.274 e. The van der Waals surface area contributed by atoms with Gasteiger partial charge in [0.2, 0.25) is 0 Å². The third-order valence-electron chi connectivity index (χ3n) is 6.24. The topological polar surface area (TPSA) is 87.1 Å². The summed E-state index contributed by atoms with van der Waals surface area (Å²) in [5.41, 5.74) is 2.05. The molecule has 2 aliphatic heterocycles. The molecule has 2 aromatic rings. The highest BCUT2D eigenvalue weighted by molar-refractivity contribution is 5.92. The van der Waals surface area contributed by atoms with Gasteiger partial charge in [0, 0.05) is 44.8 Å². The summed E-state index contributed by atoms with van der Waals surface area (Å²) < 4.78 is 1.81. The normalized spacial score (nSPS) is 19.9. The first-order valence-electron chi connectivity index (χ1n) is 11.2. The number of carbonyl (C=O) groups excluding carboxylic acids is 1. The van der Waals surface area contributed by atoms with Crippen LogP contribution in [0.3, 0.4) is 0 Å². The number of aromatic nitrogens is 4. The van der Waals surface area contributed by atoms with Gasteiger partial charge in [-0.3, -0.25) is 19.2 Å². The minimum absolute atomic E-state index is 0.0643. The lowest BCUT2D eigenvalue weighted by Crippen LogP contribution is -2.42. The molecule has 1 saturated heterocycles. The van der Waals surface area contributed by atoms with Crippen molar-refractivity contribution < 1.29 is 4.79 Å². The molecular weight excluding hydrogens is 380 g/mol. The van der Waals surface area contributed by atoms with Gasteiger partial charge >= 0.3 is 0 Å². The van der Waals surface area contributed by atoms with Crippen LogP contribution in [0.4, 0.5) is 0 Å². The van der Waals surface area contributed by atoms with Gasteiger partial charge < -0.3 is 9.88 Å². The van der Waals surface area contributed by atoms with Crippen molar-refractivity contribution in [2.75, 3.05) is 13.1 Å². The van der Waals surface area contributed by atoms with Gasteiger partial charge in [-0.1, -0.05) is 6.92 Å². The van der Waals surface area contributed by atoms with Crippen LogP contribution in [0, 0.1) is 0 Å². The highest BCUT2D eigenvalue weighted by atomic mass is 16.2. The van der Waals surface area contributed by atoms with E-state index in [-0.39, 0.29) is 17.5 Å². The Kier molecular flexibility index (Phi) is 6.04. The molecule has 0 aromatic carbocycles. The Morgan fingerprint density at radius 2 is 2.13 bits per heavy atom. The van der Waals surface area contributed by atoms with Crippen LogP contribution in [0.2, 0.25) is 0 Å². The maximum atomic E-state index is 13.2. The first kappa shape index (κ1) is 20.8. The molecule has 2 aromatic heterocycles. The number of fused-ring (bicyclic) bond motifs is 1. The Hall–Kier alpha value is -2.48. The van der Waals surface area contributed by atoms with Crippen LogP contribution in [-0.4, -0.2) is 54.6 Å². The van der Waals surface area contributed by atoms with Crippen molar-refractivity contribution in [3.05, 3.63) is 45.4 Å². The van der Waals surface area contributed by atoms with Gasteiger partial charge in [-0.05, 0) is 45.6 Å². The maximum absolute atomic E-state index is 13.2. The number of nitrogens with zero attached hydrogens (tertiary/aromatic N) is 5. The van der Waals surface area contributed by atoms with Gasteiger partial charge in [0.05, 0.1) is 17.3 Å². The standard InChI is InChI=1S/C22H32N6O2/c1-4-10-27-13-9-18(25-27)22(30)28-11-6-5-7-19(28)20-23-17-8-12-26(15(2)3)14-16(17)21(29)24-20/h9,13,15,19H,4-8,10-12,14H2,1-3H3,(H,23,24,29)/t19-/m1/s1. The number of aromatic amines is 1. The quantitative estimate of drug-likeness (QED) is 0.815. The summed E-state index contributed by atoms with van der Waals surface area (Å²) >= 11 is 0. The summed E-state index contributed by atoms with van der Waals surface area (Å²) in [4.78, 5) is 38.1. The van der Waals surface area contributed by atoms with Gasteiger partial charge in [0.15, 0.2) is 0 Å². The lowest BCUT2D eigenvalue weighted by Gasteiger charge is -2.35. The molecule has 4 rings (SSSR count). The van der Waals surface area contributed by atoms with Crippen LogP contribution in [-0.2, 0) is 19.5 Å². The van der Waals surface area contributed by atoms with E-state index in [1.54, 1.807) is 6.07 Å². The Bertz CT molecular complexity index is 963. The third kappa shape index (κ3) is 4.05. The molecule has 162 valence electrons. The van der Waals surface area contributed by atoms with E-state index in [0.717, 1.165) is 56.5 Å². The van der Waals surface area contributed by atoms with Crippen molar-refractivity contribution >= 4 is 5.91 Å². The molecule has 0 unspecified atom stereocenters. The Labute approximate surface area is 177 Å². The monoisotopic (exact) mass is 412 g/mol. The summed E-state index contributed by atoms with van der Waals surface area (Å²) in [7, 11) is 0. The van der Waals surface area contributed by atoms with Crippen molar-refractivity contribution in [3.8, 4) is 0 Å². The van der Waals surface area contributed by atoms with E-state index in [1.807, 2.05) is 15.8 Å². The SMILES string of the molecule is CCCn1ccc(C(=O)N2CCCC[C@@H]2c2nc3c(c(=O)[nH]2)CN(C(C)C)CC3)n1. The summed E-state index contributed by atoms with van der Waals surface area (Å²) in [5, 5.41) is 4.44. The number of amides is 1. The molecule has 0 spiro atoms. The average molecular weight is 413 g/mol. The molecular formula is C22H32N6O2. The molecule has 2 aliphatic rings. The van der Waals surface area contributed by atoms with Crippen molar-refractivity contribution in [1.82, 2.24) is 29.5 Å². The molecule has 1 N–H and O–H groups in total. The van der Waals surface area contributed by atoms with Gasteiger partial charge in [-0.25, -0.2) is 4.98 Å². The number of rotatable bonds is 5. The summed E-state index contributed by atoms with van der Waals surface area (Å²) in [5.74, 6) is 0.540. The van der Waals surface area contributed by atoms with Crippen LogP contribution in [0.5, 0.6) is 0 Å². The molecule has 0 radical (unpaired) electrons. The number of piperidine rings is 1. The summed E-state index contributed by atoms with van der Waals surface area (Å²) in [6, 6.07) is 1.98. The number of hydrogen-bond donors (Lipinski definition) is 1. The van der Waals surface area contributed by atoms with Crippen LogP contribution >= 0.6 is 0 Å². The van der Waals surface area contributed by atoms with E-state index in [0.29, 0.717) is 30.6 Å². The number of aryl methyl sites for hydroxylation is 1. The molecule has 8 nitrogen and oxygen atoms in total. The zero-order valence-electron chi connectivity index (χ0n) is 18.2. The van der Waals surface area contributed by atoms with Gasteiger partial charge in [-0.15, -0.1) is 0 Å². The van der Waals surface area contributed by atoms with Crippen molar-refractivity contribution in [1.29, 1.82) is 0 Å². The number of hydrogen-bond acceptors (Lipinski definition) is 5. The minimum Gasteiger partial charge on any atom is -0.327 e. The van der Waals surface area contributed by atoms with E-state index in [9.17, 15) is 9.59 Å². The van der Waals surface area contributed by atoms with Gasteiger partial charge in [0.1, 0.15) is 11.5 Å². The number of likely N-dealkylation sites (tertiary alicyclic amines) is 1. The van der Waals surface area contributed by atoms with E-state index in [4.69, 9.17) is 4.98 Å². The fraction of sp³-hybridized carbons (Fsp3) is 0.636. The first-order chi connectivity index (χ1) is 14.5. The lowest BCUT2D eigenvalue weighted by atomic mass is 9.99. The Morgan fingerprint density at radius 3 is 2.90 bits per heavy atom. The summed E-state index contributed by atoms with van der Waals surface area (Å²) in [6.07, 6.45) is 6.37. The minimum atomic E-state index is -0.205. The van der Waals surface area contributed by atoms with Crippen LogP contribution in [0.1, 0.15) is 80.1 Å². The highest BCUT2D eigenvalue weighted by Gasteiger charge is 2.33. The van der Waals surface area contributed by atoms with Crippen molar-refractivity contribution in [2.45, 2.75) is 78.0 Å². The largest absolute Gasteiger partial charge is 0.327 e. The summed E-state index contributed by atoms with van der Waals surface area (Å²) in [6.45, 7) is 9.38. The zero-order valence-corrected chi connectivity index (χ0v) is 18.2. The molecule has 0 saturated carbocycles. The Balaban J connectivity index is 1.61. The van der Waals surface area contributed by atoms with Gasteiger partial charge in [-0.2, -0.15) is 5.10 Å². The first-order valence-corrected chi connectivity index (χ1v) is 11.2. The fourth-order valence-electron chi connectivity index (χ4n) is 4.50. The molecule has 4 heterocycles. The lowest BCUT2D eigenvalue weighted by molar-refractivity contribution is 0.0591. The van der Waals surface area contributed by atoms with Crippen molar-refractivity contribution in [2.24, 2.45) is 0 Å². The second-order valence-electron chi connectivity index (χ2n) is 8.66. The fourth-order valence-corrected chi connectivity index (χ4v) is 4.50. The molecule has 30 heavy (non-hydrogen) atoms. The Morgan fingerprint density at radius 1 is 1.30 bits per heavy atom. The number of H-pyrrole nitrogens is 1. The third-order valence-corrected chi connectivity index (χ3v) is 6.24. The second kappa shape index (κ2) is 8.71. The predicted octanol–water partition coefficient (Wildman–Crippen LogP) is 2.51. The van der Waals surface area contributed by atoms with Crippen molar-refractivity contribution in [3.63, 3.8) is 0 Å². The zero-order chi connectivity index (χ0) is 21.3. The average Bonchev–Trinajstić information content (AvgIpc) is 3.22. The van der Waals surface area contributed by atoms with E-state index in [1.165, 1.54) is 0 Å². The molecule has 1 fully saturated rings. The number of carbonyl (C=O) groups is 1. The predicted molar refractivity (Wildman–Crippen MR) is 114 cm³/mol. The highest BCUT2D eigenvalue weighted by Crippen LogP contribution is 2.30. The van der Waals surface area contributed by atoms with E-state index < -0.39 is 0 Å². The van der Waals surface area contributed by atoms with Crippen LogP contribution < -0.4 is 5.56 Å². The van der Waals surface area contributed by atoms with E-state index in [2.05, 4.69) is 35.8 Å². The molecule has 0 bridgehead atoms. The van der Waals surface area contributed by atoms with Gasteiger partial charge in [0.25, 0.3) is 11.5 Å². The molecule has 0 aliphatic carbocycles. The second-order valence-corrected chi connectivity index (χ2v) is 8.66.